The van der Waals surface area contributed by atoms with E-state index in [0.29, 0.717) is 15.8 Å². The first kappa shape index (κ1) is 19.7. The topological polar surface area (TPSA) is 57.4 Å². The lowest BCUT2D eigenvalue weighted by atomic mass is 10.2. The fourth-order valence-corrected chi connectivity index (χ4v) is 2.07. The van der Waals surface area contributed by atoms with Crippen LogP contribution in [0.5, 0.6) is 0 Å². The molecule has 0 aliphatic heterocycles. The summed E-state index contributed by atoms with van der Waals surface area (Å²) in [5.41, 5.74) is 6.76. The number of nitrogens with one attached hydrogen (secondary N) is 2. The Kier molecular flexibility index (Phi) is 8.35. The van der Waals surface area contributed by atoms with Gasteiger partial charge in [-0.05, 0) is 30.5 Å². The van der Waals surface area contributed by atoms with Crippen LogP contribution in [0.25, 0.3) is 0 Å². The molecule has 2 N–H and O–H groups in total. The molecule has 8 heteroatoms. The molecule has 1 amide bonds. The Morgan fingerprint density at radius 2 is 1.74 bits per heavy atom. The lowest BCUT2D eigenvalue weighted by Gasteiger charge is -2.09. The summed E-state index contributed by atoms with van der Waals surface area (Å²) in [7, 11) is 1.89. The van der Waals surface area contributed by atoms with Crippen LogP contribution in [-0.4, -0.2) is 17.3 Å². The maximum atomic E-state index is 12.0. The van der Waals surface area contributed by atoms with Crippen LogP contribution in [0.4, 0.5) is 5.69 Å². The number of aryl methyl sites for hydroxylation is 1. The van der Waals surface area contributed by atoms with E-state index in [2.05, 4.69) is 15.8 Å². The van der Waals surface area contributed by atoms with Crippen LogP contribution < -0.4 is 39.4 Å². The molecule has 23 heavy (non-hydrogen) atoms. The first-order chi connectivity index (χ1) is 10.6. The number of carbonyl (C=O) groups excluding carboxylic acids is 1. The minimum atomic E-state index is -0.224. The van der Waals surface area contributed by atoms with Crippen molar-refractivity contribution in [2.24, 2.45) is 12.0 Å². The van der Waals surface area contributed by atoms with Crippen LogP contribution in [0.3, 0.4) is 0 Å². The summed E-state index contributed by atoms with van der Waals surface area (Å²) < 4.78 is 1.86. The van der Waals surface area contributed by atoms with Gasteiger partial charge in [0.2, 0.25) is 0 Å². The van der Waals surface area contributed by atoms with Gasteiger partial charge in [-0.3, -0.25) is 15.6 Å². The van der Waals surface area contributed by atoms with Gasteiger partial charge in [0.15, 0.2) is 17.6 Å². The lowest BCUT2D eigenvalue weighted by molar-refractivity contribution is -0.671. The molecule has 0 bridgehead atoms. The Bertz CT molecular complexity index is 677. The summed E-state index contributed by atoms with van der Waals surface area (Å²) in [6, 6.07) is 10.6. The van der Waals surface area contributed by atoms with Crippen molar-refractivity contribution in [1.29, 1.82) is 0 Å². The SMILES string of the molecule is CSC(=Nc1ccc(Cl)cc1)NNC(=O)c1cc[n+](C)cc1.[I-]. The number of pyridine rings is 1. The van der Waals surface area contributed by atoms with Crippen LogP contribution in [0, 0.1) is 0 Å². The van der Waals surface area contributed by atoms with Gasteiger partial charge in [0.1, 0.15) is 7.05 Å². The molecule has 0 unspecified atom stereocenters. The largest absolute Gasteiger partial charge is 1.00 e. The van der Waals surface area contributed by atoms with E-state index < -0.39 is 0 Å². The van der Waals surface area contributed by atoms with Gasteiger partial charge in [0, 0.05) is 17.2 Å². The second kappa shape index (κ2) is 9.74. The molecule has 0 saturated carbocycles. The molecule has 0 fully saturated rings. The van der Waals surface area contributed by atoms with Crippen LogP contribution in [0.1, 0.15) is 10.4 Å². The number of hydrazine groups is 1. The first-order valence-corrected chi connectivity index (χ1v) is 8.08. The Balaban J connectivity index is 0.00000264. The highest BCUT2D eigenvalue weighted by Crippen LogP contribution is 2.17. The normalized spacial score (nSPS) is 10.7. The molecule has 0 saturated heterocycles. The minimum absolute atomic E-state index is 0. The number of nitrogens with zero attached hydrogens (tertiary/aromatic N) is 2. The van der Waals surface area contributed by atoms with Gasteiger partial charge >= 0.3 is 0 Å². The number of rotatable bonds is 2. The highest BCUT2D eigenvalue weighted by molar-refractivity contribution is 8.13. The van der Waals surface area contributed by atoms with Crippen molar-refractivity contribution in [2.45, 2.75) is 0 Å². The quantitative estimate of drug-likeness (QED) is 0.207. The first-order valence-electron chi connectivity index (χ1n) is 6.48. The molecule has 0 spiro atoms. The van der Waals surface area contributed by atoms with Crippen LogP contribution in [0.2, 0.25) is 5.02 Å². The van der Waals surface area contributed by atoms with Crippen molar-refractivity contribution in [3.8, 4) is 0 Å². The minimum Gasteiger partial charge on any atom is -1.00 e. The van der Waals surface area contributed by atoms with E-state index in [1.54, 1.807) is 36.4 Å². The van der Waals surface area contributed by atoms with E-state index in [1.165, 1.54) is 11.8 Å². The number of hydrogen-bond acceptors (Lipinski definition) is 3. The zero-order valence-electron chi connectivity index (χ0n) is 12.6. The number of carbonyl (C=O) groups is 1. The number of amides is 1. The van der Waals surface area contributed by atoms with Crippen LogP contribution in [-0.2, 0) is 7.05 Å². The van der Waals surface area contributed by atoms with Gasteiger partial charge in [-0.2, -0.15) is 0 Å². The van der Waals surface area contributed by atoms with E-state index >= 15 is 0 Å². The number of amidine groups is 1. The summed E-state index contributed by atoms with van der Waals surface area (Å²) in [5.74, 6) is -0.224. The zero-order chi connectivity index (χ0) is 15.9. The average molecular weight is 463 g/mol. The predicted molar refractivity (Wildman–Crippen MR) is 90.3 cm³/mol. The van der Waals surface area contributed by atoms with Gasteiger partial charge in [0.05, 0.1) is 11.3 Å². The smallest absolute Gasteiger partial charge is 0.270 e. The third kappa shape index (κ3) is 6.36. The average Bonchev–Trinajstić information content (AvgIpc) is 2.53. The van der Waals surface area contributed by atoms with Crippen molar-refractivity contribution in [2.75, 3.05) is 6.26 Å². The maximum absolute atomic E-state index is 12.0. The standard InChI is InChI=1S/C15H15ClN4OS.HI/c1-20-9-7-11(8-10-20)14(21)18-19-15(22-2)17-13-5-3-12(16)4-6-13;/h3-10,21H,1-2H3;1H. The number of aromatic nitrogens is 1. The highest BCUT2D eigenvalue weighted by atomic mass is 127. The number of thioether (sulfide) groups is 1. The summed E-state index contributed by atoms with van der Waals surface area (Å²) in [6.07, 6.45) is 5.49. The van der Waals surface area contributed by atoms with E-state index in [1.807, 2.05) is 30.3 Å². The number of halogens is 2. The van der Waals surface area contributed by atoms with Gasteiger partial charge in [-0.25, -0.2) is 9.56 Å². The van der Waals surface area contributed by atoms with Gasteiger partial charge < -0.3 is 24.0 Å². The highest BCUT2D eigenvalue weighted by Gasteiger charge is 2.07. The Morgan fingerprint density at radius 3 is 2.30 bits per heavy atom. The molecule has 2 aromatic rings. The zero-order valence-corrected chi connectivity index (χ0v) is 16.3. The van der Waals surface area contributed by atoms with Gasteiger partial charge in [-0.15, -0.1) is 0 Å². The van der Waals surface area contributed by atoms with Gasteiger partial charge in [0.25, 0.3) is 5.91 Å². The fraction of sp³-hybridized carbons (Fsp3) is 0.133. The molecule has 0 radical (unpaired) electrons. The number of hydrogen-bond donors (Lipinski definition) is 2. The fourth-order valence-electron chi connectivity index (χ4n) is 1.59. The summed E-state index contributed by atoms with van der Waals surface area (Å²) in [4.78, 5) is 16.4. The molecule has 1 heterocycles. The predicted octanol–water partition coefficient (Wildman–Crippen LogP) is -0.546. The molecule has 5 nitrogen and oxygen atoms in total. The number of aliphatic imine (C=N–C) groups is 1. The number of benzene rings is 1. The van der Waals surface area contributed by atoms with E-state index in [0.717, 1.165) is 5.69 Å². The summed E-state index contributed by atoms with van der Waals surface area (Å²) in [6.45, 7) is 0. The lowest BCUT2D eigenvalue weighted by Crippen LogP contribution is -3.00. The second-order valence-electron chi connectivity index (χ2n) is 4.43. The second-order valence-corrected chi connectivity index (χ2v) is 5.66. The molecule has 122 valence electrons. The summed E-state index contributed by atoms with van der Waals surface area (Å²) >= 11 is 7.23. The van der Waals surface area contributed by atoms with E-state index in [4.69, 9.17) is 11.6 Å². The third-order valence-electron chi connectivity index (χ3n) is 2.77. The van der Waals surface area contributed by atoms with Gasteiger partial charge in [-0.1, -0.05) is 23.4 Å². The Morgan fingerprint density at radius 1 is 1.13 bits per heavy atom. The molecule has 1 aromatic carbocycles. The molecule has 0 aliphatic carbocycles. The molecular weight excluding hydrogens is 447 g/mol. The van der Waals surface area contributed by atoms with Crippen molar-refractivity contribution in [3.63, 3.8) is 0 Å². The third-order valence-corrected chi connectivity index (χ3v) is 3.61. The van der Waals surface area contributed by atoms with Crippen molar-refractivity contribution >= 4 is 40.1 Å². The maximum Gasteiger partial charge on any atom is 0.270 e. The molecule has 0 atom stereocenters. The van der Waals surface area contributed by atoms with Crippen molar-refractivity contribution in [3.05, 3.63) is 59.4 Å². The van der Waals surface area contributed by atoms with E-state index in [9.17, 15) is 4.79 Å². The molecule has 0 aliphatic rings. The molecular formula is C15H16ClIN4OS. The molecule has 2 rings (SSSR count). The van der Waals surface area contributed by atoms with E-state index in [-0.39, 0.29) is 29.9 Å². The van der Waals surface area contributed by atoms with Crippen molar-refractivity contribution in [1.82, 2.24) is 10.9 Å². The molecule has 1 aromatic heterocycles. The van der Waals surface area contributed by atoms with Crippen LogP contribution >= 0.6 is 23.4 Å². The van der Waals surface area contributed by atoms with Crippen molar-refractivity contribution < 1.29 is 33.3 Å². The van der Waals surface area contributed by atoms with Crippen LogP contribution in [0.15, 0.2) is 53.8 Å². The summed E-state index contributed by atoms with van der Waals surface area (Å²) in [5, 5.41) is 1.24. The monoisotopic (exact) mass is 462 g/mol. The Labute approximate surface area is 161 Å². The Hall–Kier alpha value is -1.32.